The largest absolute Gasteiger partial charge is 0.480 e. The van der Waals surface area contributed by atoms with Crippen molar-refractivity contribution in [3.8, 4) is 0 Å². The zero-order valence-corrected chi connectivity index (χ0v) is 13.6. The van der Waals surface area contributed by atoms with Crippen LogP contribution in [0.2, 0.25) is 0 Å². The van der Waals surface area contributed by atoms with Gasteiger partial charge in [-0.2, -0.15) is 0 Å². The third-order valence-electron chi connectivity index (χ3n) is 4.84. The van der Waals surface area contributed by atoms with Gasteiger partial charge in [-0.3, -0.25) is 14.6 Å². The summed E-state index contributed by atoms with van der Waals surface area (Å²) in [4.78, 5) is 15.3. The lowest BCUT2D eigenvalue weighted by Gasteiger charge is -2.36. The van der Waals surface area contributed by atoms with E-state index in [0.717, 1.165) is 32.5 Å². The number of fused-ring (bicyclic) bond motifs is 1. The first-order chi connectivity index (χ1) is 11.1. The van der Waals surface area contributed by atoms with E-state index in [9.17, 15) is 4.79 Å². The van der Waals surface area contributed by atoms with E-state index in [2.05, 4.69) is 47.4 Å². The molecule has 0 saturated carbocycles. The summed E-state index contributed by atoms with van der Waals surface area (Å²) in [5, 5.41) is 11.5. The molecule has 4 heteroatoms. The topological polar surface area (TPSA) is 43.8 Å². The average molecular weight is 312 g/mol. The molecule has 0 atom stereocenters. The molecule has 1 aliphatic heterocycles. The highest BCUT2D eigenvalue weighted by Crippen LogP contribution is 2.22. The summed E-state index contributed by atoms with van der Waals surface area (Å²) >= 11 is 0. The molecule has 0 aromatic heterocycles. The number of hydrogen-bond acceptors (Lipinski definition) is 3. The van der Waals surface area contributed by atoms with Crippen LogP contribution >= 0.6 is 0 Å². The van der Waals surface area contributed by atoms with E-state index in [-0.39, 0.29) is 6.54 Å². The van der Waals surface area contributed by atoms with Crippen molar-refractivity contribution in [1.82, 2.24) is 9.80 Å². The molecule has 122 valence electrons. The van der Waals surface area contributed by atoms with Gasteiger partial charge < -0.3 is 5.11 Å². The molecule has 2 aromatic carbocycles. The molecule has 1 N–H and O–H groups in total. The quantitative estimate of drug-likeness (QED) is 0.922. The molecule has 2 aromatic rings. The Morgan fingerprint density at radius 2 is 1.87 bits per heavy atom. The molecule has 1 saturated heterocycles. The van der Waals surface area contributed by atoms with Crippen LogP contribution in [0.15, 0.2) is 42.5 Å². The molecular formula is C19H24N2O2. The summed E-state index contributed by atoms with van der Waals surface area (Å²) < 4.78 is 0. The number of carbonyl (C=O) groups is 1. The maximum Gasteiger partial charge on any atom is 0.317 e. The molecular weight excluding hydrogens is 288 g/mol. The molecule has 3 rings (SSSR count). The number of likely N-dealkylation sites (N-methyl/N-ethyl adjacent to an activating group) is 1. The first-order valence-electron chi connectivity index (χ1n) is 8.24. The van der Waals surface area contributed by atoms with E-state index in [4.69, 9.17) is 5.11 Å². The van der Waals surface area contributed by atoms with Gasteiger partial charge in [0.25, 0.3) is 0 Å². The van der Waals surface area contributed by atoms with E-state index in [0.29, 0.717) is 6.04 Å². The van der Waals surface area contributed by atoms with Crippen LogP contribution in [0, 0.1) is 0 Å². The molecule has 0 amide bonds. The van der Waals surface area contributed by atoms with Crippen LogP contribution in [0.25, 0.3) is 10.8 Å². The van der Waals surface area contributed by atoms with Gasteiger partial charge in [0.15, 0.2) is 0 Å². The molecule has 23 heavy (non-hydrogen) atoms. The van der Waals surface area contributed by atoms with Crippen LogP contribution in [0.5, 0.6) is 0 Å². The lowest BCUT2D eigenvalue weighted by molar-refractivity contribution is -0.138. The molecule has 0 unspecified atom stereocenters. The Bertz CT molecular complexity index is 673. The number of likely N-dealkylation sites (tertiary alicyclic amines) is 1. The van der Waals surface area contributed by atoms with E-state index in [1.807, 2.05) is 11.9 Å². The van der Waals surface area contributed by atoms with Gasteiger partial charge in [-0.05, 0) is 49.3 Å². The summed E-state index contributed by atoms with van der Waals surface area (Å²) in [7, 11) is 1.92. The second kappa shape index (κ2) is 7.11. The monoisotopic (exact) mass is 312 g/mol. The average Bonchev–Trinajstić information content (AvgIpc) is 2.55. The van der Waals surface area contributed by atoms with Crippen molar-refractivity contribution in [2.24, 2.45) is 0 Å². The molecule has 0 spiro atoms. The fraction of sp³-hybridized carbons (Fsp3) is 0.421. The van der Waals surface area contributed by atoms with Crippen LogP contribution in [0.4, 0.5) is 0 Å². The summed E-state index contributed by atoms with van der Waals surface area (Å²) in [6, 6.07) is 15.4. The van der Waals surface area contributed by atoms with Crippen molar-refractivity contribution in [2.75, 3.05) is 26.7 Å². The van der Waals surface area contributed by atoms with Crippen molar-refractivity contribution in [2.45, 2.75) is 25.4 Å². The van der Waals surface area contributed by atoms with Crippen molar-refractivity contribution >= 4 is 16.7 Å². The third-order valence-corrected chi connectivity index (χ3v) is 4.84. The van der Waals surface area contributed by atoms with E-state index >= 15 is 0 Å². The molecule has 1 aliphatic rings. The van der Waals surface area contributed by atoms with Crippen molar-refractivity contribution < 1.29 is 9.90 Å². The van der Waals surface area contributed by atoms with Crippen molar-refractivity contribution in [1.29, 1.82) is 0 Å². The van der Waals surface area contributed by atoms with Crippen LogP contribution in [-0.2, 0) is 11.3 Å². The van der Waals surface area contributed by atoms with E-state index in [1.165, 1.54) is 16.3 Å². The number of nitrogens with zero attached hydrogens (tertiary/aromatic N) is 2. The minimum atomic E-state index is -0.745. The number of rotatable bonds is 5. The summed E-state index contributed by atoms with van der Waals surface area (Å²) in [6.07, 6.45) is 2.07. The number of hydrogen-bond donors (Lipinski definition) is 1. The van der Waals surface area contributed by atoms with Crippen LogP contribution < -0.4 is 0 Å². The van der Waals surface area contributed by atoms with E-state index < -0.39 is 5.97 Å². The molecule has 1 heterocycles. The Balaban J connectivity index is 1.61. The molecule has 0 radical (unpaired) electrons. The number of carboxylic acids is 1. The van der Waals surface area contributed by atoms with Gasteiger partial charge in [-0.25, -0.2) is 0 Å². The van der Waals surface area contributed by atoms with Gasteiger partial charge in [0.1, 0.15) is 0 Å². The zero-order chi connectivity index (χ0) is 16.2. The fourth-order valence-electron chi connectivity index (χ4n) is 3.53. The molecule has 1 fully saturated rings. The minimum Gasteiger partial charge on any atom is -0.480 e. The van der Waals surface area contributed by atoms with Gasteiger partial charge in [0.2, 0.25) is 0 Å². The predicted molar refractivity (Wildman–Crippen MR) is 92.5 cm³/mol. The van der Waals surface area contributed by atoms with Gasteiger partial charge >= 0.3 is 5.97 Å². The van der Waals surface area contributed by atoms with E-state index in [1.54, 1.807) is 0 Å². The maximum absolute atomic E-state index is 10.8. The summed E-state index contributed by atoms with van der Waals surface area (Å²) in [6.45, 7) is 3.15. The zero-order valence-electron chi connectivity index (χ0n) is 13.6. The second-order valence-electron chi connectivity index (χ2n) is 6.45. The first-order valence-corrected chi connectivity index (χ1v) is 8.24. The van der Waals surface area contributed by atoms with Crippen LogP contribution in [0.1, 0.15) is 18.4 Å². The van der Waals surface area contributed by atoms with Gasteiger partial charge in [-0.15, -0.1) is 0 Å². The Morgan fingerprint density at radius 3 is 2.61 bits per heavy atom. The van der Waals surface area contributed by atoms with Crippen molar-refractivity contribution in [3.05, 3.63) is 48.0 Å². The lowest BCUT2D eigenvalue weighted by Crippen LogP contribution is -2.44. The molecule has 0 bridgehead atoms. The lowest BCUT2D eigenvalue weighted by atomic mass is 10.0. The number of benzene rings is 2. The third kappa shape index (κ3) is 3.89. The normalized spacial score (nSPS) is 17.0. The first kappa shape index (κ1) is 16.0. The van der Waals surface area contributed by atoms with Crippen LogP contribution in [-0.4, -0.2) is 53.6 Å². The number of carboxylic acid groups (broad SMARTS) is 1. The maximum atomic E-state index is 10.8. The second-order valence-corrected chi connectivity index (χ2v) is 6.45. The fourth-order valence-corrected chi connectivity index (χ4v) is 3.53. The van der Waals surface area contributed by atoms with Crippen LogP contribution in [0.3, 0.4) is 0 Å². The molecule has 4 nitrogen and oxygen atoms in total. The smallest absolute Gasteiger partial charge is 0.317 e. The van der Waals surface area contributed by atoms with Gasteiger partial charge in [0.05, 0.1) is 6.54 Å². The number of piperidine rings is 1. The minimum absolute atomic E-state index is 0.133. The Hall–Kier alpha value is -1.91. The number of aliphatic carboxylic acids is 1. The highest BCUT2D eigenvalue weighted by Gasteiger charge is 2.23. The highest BCUT2D eigenvalue weighted by molar-refractivity contribution is 5.85. The predicted octanol–water partition coefficient (Wildman–Crippen LogP) is 2.82. The Labute approximate surface area is 137 Å². The Kier molecular flexibility index (Phi) is 4.94. The van der Waals surface area contributed by atoms with Crippen molar-refractivity contribution in [3.63, 3.8) is 0 Å². The van der Waals surface area contributed by atoms with Gasteiger partial charge in [-0.1, -0.05) is 42.5 Å². The SMILES string of the molecule is CN(CC(=O)O)C1CCN(Cc2cccc3ccccc23)CC1. The summed E-state index contributed by atoms with van der Waals surface area (Å²) in [5.41, 5.74) is 1.38. The standard InChI is InChI=1S/C19H24N2O2/c1-20(14-19(22)23)17-9-11-21(12-10-17)13-16-7-4-6-15-5-2-3-8-18(15)16/h2-8,17H,9-14H2,1H3,(H,22,23). The Morgan fingerprint density at radius 1 is 1.17 bits per heavy atom. The van der Waals surface area contributed by atoms with Gasteiger partial charge in [0, 0.05) is 12.6 Å². The molecule has 0 aliphatic carbocycles. The summed E-state index contributed by atoms with van der Waals surface area (Å²) in [5.74, 6) is -0.745. The highest BCUT2D eigenvalue weighted by atomic mass is 16.4.